The van der Waals surface area contributed by atoms with Gasteiger partial charge in [-0.15, -0.1) is 0 Å². The molecule has 1 aromatic heterocycles. The van der Waals surface area contributed by atoms with Gasteiger partial charge in [-0.2, -0.15) is 5.26 Å². The van der Waals surface area contributed by atoms with Crippen LogP contribution in [0.25, 0.3) is 0 Å². The van der Waals surface area contributed by atoms with Crippen LogP contribution in [0.1, 0.15) is 27.7 Å². The summed E-state index contributed by atoms with van der Waals surface area (Å²) in [5.41, 5.74) is 1.11. The first-order valence-electron chi connectivity index (χ1n) is 7.20. The number of halogens is 1. The number of carbonyl (C=O) groups excluding carboxylic acids is 1. The smallest absolute Gasteiger partial charge is 0.255 e. The van der Waals surface area contributed by atoms with E-state index in [0.29, 0.717) is 24.3 Å². The van der Waals surface area contributed by atoms with Crippen molar-refractivity contribution in [2.24, 2.45) is 0 Å². The number of hydrogen-bond donors (Lipinski definition) is 0. The topological polar surface area (TPSA) is 66.2 Å². The summed E-state index contributed by atoms with van der Waals surface area (Å²) in [4.78, 5) is 18.0. The summed E-state index contributed by atoms with van der Waals surface area (Å²) >= 11 is 0. The third kappa shape index (κ3) is 3.20. The molecule has 23 heavy (non-hydrogen) atoms. The van der Waals surface area contributed by atoms with E-state index in [4.69, 9.17) is 10.00 Å². The number of hydrogen-bond acceptors (Lipinski definition) is 4. The fourth-order valence-electron chi connectivity index (χ4n) is 2.53. The van der Waals surface area contributed by atoms with Crippen LogP contribution in [0.5, 0.6) is 0 Å². The van der Waals surface area contributed by atoms with Gasteiger partial charge in [-0.1, -0.05) is 18.2 Å². The average Bonchev–Trinajstić information content (AvgIpc) is 2.62. The highest BCUT2D eigenvalue weighted by Gasteiger charge is 2.27. The molecule has 3 rings (SSSR count). The molecular weight excluding hydrogens is 297 g/mol. The second-order valence-corrected chi connectivity index (χ2v) is 5.18. The standard InChI is InChI=1S/C17H14FN3O2/c18-15-4-2-1-3-14(15)16-11-21(7-8-23-16)17(22)12-5-6-13(9-19)20-10-12/h1-6,10,16H,7-8,11H2. The lowest BCUT2D eigenvalue weighted by Gasteiger charge is -2.33. The summed E-state index contributed by atoms with van der Waals surface area (Å²) in [6.07, 6.45) is 0.898. The van der Waals surface area contributed by atoms with Crippen LogP contribution in [0.2, 0.25) is 0 Å². The van der Waals surface area contributed by atoms with Crippen molar-refractivity contribution in [3.63, 3.8) is 0 Å². The quantitative estimate of drug-likeness (QED) is 0.853. The number of benzene rings is 1. The van der Waals surface area contributed by atoms with E-state index < -0.39 is 6.10 Å². The van der Waals surface area contributed by atoms with Crippen LogP contribution in [-0.4, -0.2) is 35.5 Å². The molecule has 0 N–H and O–H groups in total. The molecule has 6 heteroatoms. The molecule has 2 aromatic rings. The molecule has 1 atom stereocenters. The molecule has 2 heterocycles. The average molecular weight is 311 g/mol. The van der Waals surface area contributed by atoms with Gasteiger partial charge in [0.05, 0.1) is 18.7 Å². The number of nitriles is 1. The molecular formula is C17H14FN3O2. The number of morpholine rings is 1. The van der Waals surface area contributed by atoms with E-state index in [2.05, 4.69) is 4.98 Å². The van der Waals surface area contributed by atoms with Gasteiger partial charge < -0.3 is 9.64 Å². The number of rotatable bonds is 2. The summed E-state index contributed by atoms with van der Waals surface area (Å²) in [6.45, 7) is 1.05. The largest absolute Gasteiger partial charge is 0.370 e. The maximum Gasteiger partial charge on any atom is 0.255 e. The van der Waals surface area contributed by atoms with Crippen molar-refractivity contribution < 1.29 is 13.9 Å². The zero-order valence-corrected chi connectivity index (χ0v) is 12.3. The number of nitrogens with zero attached hydrogens (tertiary/aromatic N) is 3. The lowest BCUT2D eigenvalue weighted by Crippen LogP contribution is -2.42. The number of ether oxygens (including phenoxy) is 1. The predicted octanol–water partition coefficient (Wildman–Crippen LogP) is 2.31. The molecule has 0 saturated carbocycles. The molecule has 116 valence electrons. The summed E-state index contributed by atoms with van der Waals surface area (Å²) in [5.74, 6) is -0.543. The summed E-state index contributed by atoms with van der Waals surface area (Å²) in [7, 11) is 0. The Morgan fingerprint density at radius 1 is 1.35 bits per heavy atom. The molecule has 1 amide bonds. The zero-order valence-electron chi connectivity index (χ0n) is 12.3. The van der Waals surface area contributed by atoms with Crippen molar-refractivity contribution in [2.75, 3.05) is 19.7 Å². The Morgan fingerprint density at radius 2 is 2.17 bits per heavy atom. The van der Waals surface area contributed by atoms with Gasteiger partial charge in [-0.3, -0.25) is 4.79 Å². The van der Waals surface area contributed by atoms with Gasteiger partial charge in [0.15, 0.2) is 0 Å². The van der Waals surface area contributed by atoms with E-state index in [1.165, 1.54) is 18.3 Å². The molecule has 1 fully saturated rings. The van der Waals surface area contributed by atoms with Gasteiger partial charge in [0, 0.05) is 18.3 Å². The first-order valence-corrected chi connectivity index (χ1v) is 7.20. The molecule has 0 radical (unpaired) electrons. The second-order valence-electron chi connectivity index (χ2n) is 5.18. The summed E-state index contributed by atoms with van der Waals surface area (Å²) in [6, 6.07) is 11.4. The Balaban J connectivity index is 1.76. The normalized spacial score (nSPS) is 17.6. The van der Waals surface area contributed by atoms with E-state index in [9.17, 15) is 9.18 Å². The Morgan fingerprint density at radius 3 is 2.87 bits per heavy atom. The molecule has 1 saturated heterocycles. The van der Waals surface area contributed by atoms with Gasteiger partial charge in [-0.05, 0) is 18.2 Å². The minimum absolute atomic E-state index is 0.202. The van der Waals surface area contributed by atoms with Crippen LogP contribution in [0.3, 0.4) is 0 Å². The molecule has 1 aliphatic heterocycles. The van der Waals surface area contributed by atoms with Gasteiger partial charge >= 0.3 is 0 Å². The van der Waals surface area contributed by atoms with Crippen LogP contribution >= 0.6 is 0 Å². The predicted molar refractivity (Wildman–Crippen MR) is 79.9 cm³/mol. The van der Waals surface area contributed by atoms with Crippen molar-refractivity contribution in [2.45, 2.75) is 6.10 Å². The van der Waals surface area contributed by atoms with Crippen LogP contribution in [0.4, 0.5) is 4.39 Å². The fourth-order valence-corrected chi connectivity index (χ4v) is 2.53. The molecule has 5 nitrogen and oxygen atoms in total. The summed E-state index contributed by atoms with van der Waals surface area (Å²) in [5, 5.41) is 8.74. The summed E-state index contributed by atoms with van der Waals surface area (Å²) < 4.78 is 19.5. The van der Waals surface area contributed by atoms with Crippen LogP contribution in [-0.2, 0) is 4.74 Å². The zero-order chi connectivity index (χ0) is 16.2. The van der Waals surface area contributed by atoms with Crippen molar-refractivity contribution in [1.29, 1.82) is 5.26 Å². The van der Waals surface area contributed by atoms with Crippen LogP contribution in [0, 0.1) is 17.1 Å². The maximum absolute atomic E-state index is 13.9. The molecule has 1 unspecified atom stereocenters. The first kappa shape index (κ1) is 15.1. The highest BCUT2D eigenvalue weighted by Crippen LogP contribution is 2.25. The maximum atomic E-state index is 13.9. The van der Waals surface area contributed by atoms with Crippen molar-refractivity contribution in [1.82, 2.24) is 9.88 Å². The van der Waals surface area contributed by atoms with E-state index in [1.807, 2.05) is 6.07 Å². The molecule has 0 bridgehead atoms. The Bertz CT molecular complexity index is 755. The van der Waals surface area contributed by atoms with E-state index in [-0.39, 0.29) is 24.0 Å². The fraction of sp³-hybridized carbons (Fsp3) is 0.235. The van der Waals surface area contributed by atoms with Crippen LogP contribution < -0.4 is 0 Å². The van der Waals surface area contributed by atoms with E-state index in [0.717, 1.165) is 0 Å². The van der Waals surface area contributed by atoms with Crippen molar-refractivity contribution in [3.05, 3.63) is 65.2 Å². The highest BCUT2D eigenvalue weighted by molar-refractivity contribution is 5.94. The third-order valence-electron chi connectivity index (χ3n) is 3.73. The highest BCUT2D eigenvalue weighted by atomic mass is 19.1. The SMILES string of the molecule is N#Cc1ccc(C(=O)N2CCOC(c3ccccc3F)C2)cn1. The van der Waals surface area contributed by atoms with Gasteiger partial charge in [0.1, 0.15) is 23.7 Å². The number of amides is 1. The number of aromatic nitrogens is 1. The lowest BCUT2D eigenvalue weighted by atomic mass is 10.1. The minimum Gasteiger partial charge on any atom is -0.370 e. The van der Waals surface area contributed by atoms with Gasteiger partial charge in [0.25, 0.3) is 5.91 Å². The van der Waals surface area contributed by atoms with Gasteiger partial charge in [0.2, 0.25) is 0 Å². The minimum atomic E-state index is -0.486. The molecule has 1 aromatic carbocycles. The molecule has 0 spiro atoms. The monoisotopic (exact) mass is 311 g/mol. The Kier molecular flexibility index (Phi) is 4.31. The molecule has 0 aliphatic carbocycles. The first-order chi connectivity index (χ1) is 11.2. The lowest BCUT2D eigenvalue weighted by molar-refractivity contribution is -0.0243. The number of carbonyl (C=O) groups is 1. The third-order valence-corrected chi connectivity index (χ3v) is 3.73. The van der Waals surface area contributed by atoms with Crippen molar-refractivity contribution in [3.8, 4) is 6.07 Å². The Hall–Kier alpha value is -2.78. The number of pyridine rings is 1. The second kappa shape index (κ2) is 6.55. The molecule has 1 aliphatic rings. The van der Waals surface area contributed by atoms with Gasteiger partial charge in [-0.25, -0.2) is 9.37 Å². The van der Waals surface area contributed by atoms with Crippen LogP contribution in [0.15, 0.2) is 42.6 Å². The van der Waals surface area contributed by atoms with E-state index in [1.54, 1.807) is 29.2 Å². The van der Waals surface area contributed by atoms with Crippen molar-refractivity contribution >= 4 is 5.91 Å². The van der Waals surface area contributed by atoms with E-state index >= 15 is 0 Å². The Labute approximate surface area is 132 Å².